The van der Waals surface area contributed by atoms with Crippen molar-refractivity contribution < 1.29 is 26.5 Å². The van der Waals surface area contributed by atoms with Crippen LogP contribution in [0.5, 0.6) is 0 Å². The molecule has 0 bridgehead atoms. The van der Waals surface area contributed by atoms with Gasteiger partial charge in [-0.2, -0.15) is 8.42 Å². The number of ether oxygens (including phenoxy) is 1. The zero-order valence-corrected chi connectivity index (χ0v) is 18.4. The Bertz CT molecular complexity index is 732. The largest absolute Gasteiger partial charge is 0.397 e. The van der Waals surface area contributed by atoms with Gasteiger partial charge in [0.25, 0.3) is 0 Å². The summed E-state index contributed by atoms with van der Waals surface area (Å²) in [5.74, 6) is 0. The lowest BCUT2D eigenvalue weighted by molar-refractivity contribution is -0.532. The van der Waals surface area contributed by atoms with Crippen molar-refractivity contribution in [1.82, 2.24) is 0 Å². The molecule has 0 saturated carbocycles. The third-order valence-electron chi connectivity index (χ3n) is 5.19. The molecule has 1 aromatic rings. The molecule has 1 aliphatic heterocycles. The van der Waals surface area contributed by atoms with Crippen molar-refractivity contribution in [3.8, 4) is 0 Å². The molecule has 164 valence electrons. The molecule has 29 heavy (non-hydrogen) atoms. The number of hydrogen-bond acceptors (Lipinski definition) is 4. The van der Waals surface area contributed by atoms with Gasteiger partial charge < -0.3 is 4.74 Å². The molecule has 1 N–H and O–H groups in total. The van der Waals surface area contributed by atoms with Gasteiger partial charge in [-0.05, 0) is 18.1 Å². The molecule has 0 spiro atoms. The number of benzene rings is 1. The average molecular weight is 427 g/mol. The van der Waals surface area contributed by atoms with E-state index in [9.17, 15) is 8.42 Å². The molecule has 1 atom stereocenters. The number of nitrogens with zero attached hydrogens (tertiary/aromatic N) is 1. The maximum Gasteiger partial charge on any atom is 0.397 e. The Balaban J connectivity index is 1.72. The van der Waals surface area contributed by atoms with Gasteiger partial charge in [-0.25, -0.2) is 8.76 Å². The monoisotopic (exact) mass is 426 g/mol. The summed E-state index contributed by atoms with van der Waals surface area (Å²) < 4.78 is 44.1. The van der Waals surface area contributed by atoms with Gasteiger partial charge in [-0.1, -0.05) is 70.1 Å². The minimum Gasteiger partial charge on any atom is -0.378 e. The molecule has 6 nitrogen and oxygen atoms in total. The molecule has 7 heteroatoms. The maximum atomic E-state index is 11.2. The topological polar surface area (TPSA) is 75.8 Å². The number of rotatable bonds is 15. The van der Waals surface area contributed by atoms with Gasteiger partial charge in [0.05, 0.1) is 6.61 Å². The van der Waals surface area contributed by atoms with Crippen molar-refractivity contribution in [3.63, 3.8) is 0 Å². The summed E-state index contributed by atoms with van der Waals surface area (Å²) in [7, 11) is -4.52. The molecule has 0 saturated heterocycles. The highest BCUT2D eigenvalue weighted by molar-refractivity contribution is 7.80. The SMILES string of the molecule is CCCCCCCCCCOCC(C[N+]1=Cc2ccccc2CC1)OS(=O)(=O)O. The van der Waals surface area contributed by atoms with Gasteiger partial charge in [0.1, 0.15) is 6.54 Å². The van der Waals surface area contributed by atoms with Crippen LogP contribution < -0.4 is 0 Å². The second-order valence-corrected chi connectivity index (χ2v) is 8.82. The molecule has 2 rings (SSSR count). The van der Waals surface area contributed by atoms with E-state index in [0.29, 0.717) is 13.2 Å². The van der Waals surface area contributed by atoms with Crippen LogP contribution in [0.15, 0.2) is 24.3 Å². The predicted octanol–water partition coefficient (Wildman–Crippen LogP) is 4.02. The van der Waals surface area contributed by atoms with Gasteiger partial charge in [-0.15, -0.1) is 0 Å². The van der Waals surface area contributed by atoms with Crippen LogP contribution in [0.25, 0.3) is 0 Å². The third kappa shape index (κ3) is 10.3. The molecule has 1 aromatic carbocycles. The molecular formula is C22H36NO5S+. The number of fused-ring (bicyclic) bond motifs is 1. The summed E-state index contributed by atoms with van der Waals surface area (Å²) in [5, 5.41) is 0. The first kappa shape index (κ1) is 24.0. The smallest absolute Gasteiger partial charge is 0.378 e. The van der Waals surface area contributed by atoms with Gasteiger partial charge >= 0.3 is 10.4 Å². The highest BCUT2D eigenvalue weighted by Gasteiger charge is 2.25. The summed E-state index contributed by atoms with van der Waals surface area (Å²) >= 11 is 0. The third-order valence-corrected chi connectivity index (χ3v) is 5.70. The van der Waals surface area contributed by atoms with E-state index >= 15 is 0 Å². The van der Waals surface area contributed by atoms with Crippen LogP contribution in [0.4, 0.5) is 0 Å². The Hall–Kier alpha value is -1.28. The Morgan fingerprint density at radius 1 is 1.07 bits per heavy atom. The first-order chi connectivity index (χ1) is 14.0. The Kier molecular flexibility index (Phi) is 10.8. The summed E-state index contributed by atoms with van der Waals surface area (Å²) in [4.78, 5) is 0. The normalized spacial score (nSPS) is 15.0. The fourth-order valence-electron chi connectivity index (χ4n) is 3.65. The summed E-state index contributed by atoms with van der Waals surface area (Å²) in [5.41, 5.74) is 2.41. The standard InChI is InChI=1S/C22H35NO5S/c1-2-3-4-5-6-7-8-11-16-27-19-22(28-29(24,25)26)18-23-15-14-20-12-9-10-13-21(20)17-23/h9-10,12-13,17,22H,2-8,11,14-16,18-19H2,1H3/p+1. The van der Waals surface area contributed by atoms with Gasteiger partial charge in [0.15, 0.2) is 18.9 Å². The summed E-state index contributed by atoms with van der Waals surface area (Å²) in [6, 6.07) is 8.14. The lowest BCUT2D eigenvalue weighted by Gasteiger charge is -2.17. The molecular weight excluding hydrogens is 390 g/mol. The van der Waals surface area contributed by atoms with E-state index in [1.807, 2.05) is 29.0 Å². The fraction of sp³-hybridized carbons (Fsp3) is 0.682. The van der Waals surface area contributed by atoms with Crippen molar-refractivity contribution in [2.45, 2.75) is 70.8 Å². The molecule has 0 aliphatic carbocycles. The van der Waals surface area contributed by atoms with E-state index in [1.165, 1.54) is 44.1 Å². The quantitative estimate of drug-likeness (QED) is 0.260. The van der Waals surface area contributed by atoms with Gasteiger partial charge in [-0.3, -0.25) is 4.55 Å². The van der Waals surface area contributed by atoms with Crippen molar-refractivity contribution in [1.29, 1.82) is 0 Å². The van der Waals surface area contributed by atoms with E-state index in [4.69, 9.17) is 13.5 Å². The first-order valence-electron chi connectivity index (χ1n) is 10.9. The lowest BCUT2D eigenvalue weighted by Crippen LogP contribution is -2.36. The van der Waals surface area contributed by atoms with Crippen LogP contribution in [-0.4, -0.2) is 56.2 Å². The molecule has 1 unspecified atom stereocenters. The molecule has 0 radical (unpaired) electrons. The molecule has 0 amide bonds. The second kappa shape index (κ2) is 13.1. The lowest BCUT2D eigenvalue weighted by atomic mass is 10.0. The van der Waals surface area contributed by atoms with Crippen LogP contribution in [0.3, 0.4) is 0 Å². The van der Waals surface area contributed by atoms with Crippen LogP contribution in [0.1, 0.15) is 69.4 Å². The Morgan fingerprint density at radius 2 is 1.76 bits per heavy atom. The van der Waals surface area contributed by atoms with Crippen molar-refractivity contribution in [3.05, 3.63) is 35.4 Å². The number of unbranched alkanes of at least 4 members (excludes halogenated alkanes) is 7. The fourth-order valence-corrected chi connectivity index (χ4v) is 4.11. The van der Waals surface area contributed by atoms with Crippen molar-refractivity contribution >= 4 is 16.6 Å². The van der Waals surface area contributed by atoms with Crippen LogP contribution in [0, 0.1) is 0 Å². The van der Waals surface area contributed by atoms with E-state index in [2.05, 4.69) is 13.0 Å². The van der Waals surface area contributed by atoms with E-state index < -0.39 is 16.5 Å². The predicted molar refractivity (Wildman–Crippen MR) is 115 cm³/mol. The second-order valence-electron chi connectivity index (χ2n) is 7.77. The summed E-state index contributed by atoms with van der Waals surface area (Å²) in [6.45, 7) is 4.07. The van der Waals surface area contributed by atoms with Crippen molar-refractivity contribution in [2.24, 2.45) is 0 Å². The first-order valence-corrected chi connectivity index (χ1v) is 12.2. The minimum absolute atomic E-state index is 0.141. The van der Waals surface area contributed by atoms with Gasteiger partial charge in [0.2, 0.25) is 0 Å². The highest BCUT2D eigenvalue weighted by Crippen LogP contribution is 2.13. The van der Waals surface area contributed by atoms with E-state index in [0.717, 1.165) is 31.4 Å². The van der Waals surface area contributed by atoms with Crippen LogP contribution >= 0.6 is 0 Å². The van der Waals surface area contributed by atoms with Gasteiger partial charge in [0, 0.05) is 18.6 Å². The Labute approximate surface area is 175 Å². The maximum absolute atomic E-state index is 11.2. The minimum atomic E-state index is -4.52. The molecule has 1 heterocycles. The van der Waals surface area contributed by atoms with Crippen LogP contribution in [0.2, 0.25) is 0 Å². The van der Waals surface area contributed by atoms with Crippen LogP contribution in [-0.2, 0) is 25.7 Å². The highest BCUT2D eigenvalue weighted by atomic mass is 32.3. The Morgan fingerprint density at radius 3 is 2.48 bits per heavy atom. The van der Waals surface area contributed by atoms with E-state index in [-0.39, 0.29) is 6.61 Å². The zero-order chi connectivity index (χ0) is 21.0. The van der Waals surface area contributed by atoms with Crippen molar-refractivity contribution in [2.75, 3.05) is 26.3 Å². The number of hydrogen-bond donors (Lipinski definition) is 1. The molecule has 0 fully saturated rings. The zero-order valence-electron chi connectivity index (χ0n) is 17.6. The average Bonchev–Trinajstić information content (AvgIpc) is 2.68. The summed E-state index contributed by atoms with van der Waals surface area (Å²) in [6.07, 6.45) is 11.9. The van der Waals surface area contributed by atoms with E-state index in [1.54, 1.807) is 0 Å². The molecule has 0 aromatic heterocycles. The molecule has 1 aliphatic rings.